The second kappa shape index (κ2) is 7.38. The van der Waals surface area contributed by atoms with Gasteiger partial charge in [0.15, 0.2) is 0 Å². The number of carbonyl (C=O) groups excluding carboxylic acids is 2. The first kappa shape index (κ1) is 18.5. The molecule has 8 N–H and O–H groups in total. The van der Waals surface area contributed by atoms with Crippen molar-refractivity contribution >= 4 is 11.8 Å². The van der Waals surface area contributed by atoms with Crippen molar-refractivity contribution in [1.82, 2.24) is 10.6 Å². The standard InChI is InChI=1S/C16H16N2O8/c19-7-3-9(21)13(10(22)4-7)15(25)17-1-2-18-16(26)14-11(23)5-8(20)6-12(14)24/h3-6,19-24H,1-2H2,(H,17,25)(H,18,26). The van der Waals surface area contributed by atoms with Crippen LogP contribution in [-0.4, -0.2) is 55.5 Å². The maximum Gasteiger partial charge on any atom is 0.258 e. The second-order valence-corrected chi connectivity index (χ2v) is 5.23. The molecule has 0 bridgehead atoms. The van der Waals surface area contributed by atoms with Gasteiger partial charge >= 0.3 is 0 Å². The van der Waals surface area contributed by atoms with Gasteiger partial charge in [-0.15, -0.1) is 0 Å². The molecule has 0 fully saturated rings. The summed E-state index contributed by atoms with van der Waals surface area (Å²) < 4.78 is 0. The van der Waals surface area contributed by atoms with E-state index in [1.54, 1.807) is 0 Å². The Morgan fingerprint density at radius 2 is 0.885 bits per heavy atom. The normalized spacial score (nSPS) is 10.3. The molecule has 0 aliphatic rings. The lowest BCUT2D eigenvalue weighted by molar-refractivity contribution is 0.0921. The number of hydrogen-bond donors (Lipinski definition) is 8. The van der Waals surface area contributed by atoms with Crippen molar-refractivity contribution in [2.75, 3.05) is 13.1 Å². The molecular weight excluding hydrogens is 348 g/mol. The monoisotopic (exact) mass is 364 g/mol. The van der Waals surface area contributed by atoms with Crippen molar-refractivity contribution in [3.8, 4) is 34.5 Å². The van der Waals surface area contributed by atoms with E-state index in [4.69, 9.17) is 0 Å². The van der Waals surface area contributed by atoms with Crippen molar-refractivity contribution < 1.29 is 40.2 Å². The van der Waals surface area contributed by atoms with Crippen LogP contribution in [0.5, 0.6) is 34.5 Å². The molecule has 26 heavy (non-hydrogen) atoms. The molecule has 2 aromatic carbocycles. The van der Waals surface area contributed by atoms with Crippen molar-refractivity contribution in [1.29, 1.82) is 0 Å². The first-order valence-corrected chi connectivity index (χ1v) is 7.27. The molecule has 0 aliphatic heterocycles. The van der Waals surface area contributed by atoms with Crippen molar-refractivity contribution in [3.63, 3.8) is 0 Å². The molecule has 2 amide bonds. The average molecular weight is 364 g/mol. The van der Waals surface area contributed by atoms with Gasteiger partial charge in [-0.05, 0) is 0 Å². The molecule has 2 aromatic rings. The third-order valence-corrected chi connectivity index (χ3v) is 3.31. The smallest absolute Gasteiger partial charge is 0.258 e. The van der Waals surface area contributed by atoms with Gasteiger partial charge in [0, 0.05) is 37.4 Å². The van der Waals surface area contributed by atoms with Crippen LogP contribution < -0.4 is 10.6 Å². The highest BCUT2D eigenvalue weighted by Gasteiger charge is 2.19. The molecule has 0 radical (unpaired) electrons. The Balaban J connectivity index is 1.93. The Morgan fingerprint density at radius 1 is 0.615 bits per heavy atom. The molecule has 10 heteroatoms. The predicted octanol–water partition coefficient (Wildman–Crippen LogP) is 0.0800. The van der Waals surface area contributed by atoms with Crippen molar-refractivity contribution in [2.24, 2.45) is 0 Å². The Labute approximate surface area is 146 Å². The molecule has 0 unspecified atom stereocenters. The fourth-order valence-electron chi connectivity index (χ4n) is 2.19. The predicted molar refractivity (Wildman–Crippen MR) is 87.5 cm³/mol. The fraction of sp³-hybridized carbons (Fsp3) is 0.125. The Hall–Kier alpha value is -3.82. The summed E-state index contributed by atoms with van der Waals surface area (Å²) in [6.07, 6.45) is 0. The van der Waals surface area contributed by atoms with Gasteiger partial charge in [-0.1, -0.05) is 0 Å². The minimum Gasteiger partial charge on any atom is -0.508 e. The van der Waals surface area contributed by atoms with Gasteiger partial charge in [-0.3, -0.25) is 9.59 Å². The van der Waals surface area contributed by atoms with Gasteiger partial charge in [0.2, 0.25) is 0 Å². The summed E-state index contributed by atoms with van der Waals surface area (Å²) >= 11 is 0. The zero-order chi connectivity index (χ0) is 19.4. The number of phenolic OH excluding ortho intramolecular Hbond substituents is 6. The van der Waals surface area contributed by atoms with Crippen molar-refractivity contribution in [2.45, 2.75) is 0 Å². The van der Waals surface area contributed by atoms with E-state index < -0.39 is 57.4 Å². The summed E-state index contributed by atoms with van der Waals surface area (Å²) in [5.74, 6) is -5.01. The minimum absolute atomic E-state index is 0.107. The quantitative estimate of drug-likeness (QED) is 0.343. The maximum atomic E-state index is 11.9. The summed E-state index contributed by atoms with van der Waals surface area (Å²) in [7, 11) is 0. The van der Waals surface area contributed by atoms with E-state index in [0.717, 1.165) is 24.3 Å². The first-order valence-electron chi connectivity index (χ1n) is 7.27. The second-order valence-electron chi connectivity index (χ2n) is 5.23. The highest BCUT2D eigenvalue weighted by Crippen LogP contribution is 2.32. The van der Waals surface area contributed by atoms with Crippen LogP contribution in [0.15, 0.2) is 24.3 Å². The van der Waals surface area contributed by atoms with E-state index in [9.17, 15) is 40.2 Å². The first-order chi connectivity index (χ1) is 12.2. The maximum absolute atomic E-state index is 11.9. The molecule has 0 aliphatic carbocycles. The van der Waals surface area contributed by atoms with E-state index in [1.807, 2.05) is 0 Å². The SMILES string of the molecule is O=C(NCCNC(=O)c1c(O)cc(O)cc1O)c1c(O)cc(O)cc1O. The topological polar surface area (TPSA) is 180 Å². The Bertz CT molecular complexity index is 748. The Kier molecular flexibility index (Phi) is 5.26. The van der Waals surface area contributed by atoms with E-state index in [-0.39, 0.29) is 13.1 Å². The fourth-order valence-corrected chi connectivity index (χ4v) is 2.19. The van der Waals surface area contributed by atoms with Crippen LogP contribution in [0.3, 0.4) is 0 Å². The molecule has 0 spiro atoms. The van der Waals surface area contributed by atoms with Gasteiger partial charge < -0.3 is 41.3 Å². The number of hydrogen-bond acceptors (Lipinski definition) is 8. The lowest BCUT2D eigenvalue weighted by Crippen LogP contribution is -2.34. The third-order valence-electron chi connectivity index (χ3n) is 3.31. The molecule has 0 saturated heterocycles. The van der Waals surface area contributed by atoms with Crippen LogP contribution in [0.4, 0.5) is 0 Å². The largest absolute Gasteiger partial charge is 0.508 e. The van der Waals surface area contributed by atoms with Gasteiger partial charge in [-0.25, -0.2) is 0 Å². The average Bonchev–Trinajstić information content (AvgIpc) is 2.49. The highest BCUT2D eigenvalue weighted by atomic mass is 16.3. The van der Waals surface area contributed by atoms with Gasteiger partial charge in [0.1, 0.15) is 45.6 Å². The number of rotatable bonds is 5. The van der Waals surface area contributed by atoms with E-state index in [2.05, 4.69) is 10.6 Å². The molecular formula is C16H16N2O8. The number of phenols is 6. The molecule has 138 valence electrons. The third kappa shape index (κ3) is 3.98. The summed E-state index contributed by atoms with van der Waals surface area (Å²) in [6, 6.07) is 3.53. The van der Waals surface area contributed by atoms with Crippen molar-refractivity contribution in [3.05, 3.63) is 35.4 Å². The van der Waals surface area contributed by atoms with E-state index in [1.165, 1.54) is 0 Å². The zero-order valence-corrected chi connectivity index (χ0v) is 13.2. The molecule has 0 heterocycles. The zero-order valence-electron chi connectivity index (χ0n) is 13.2. The highest BCUT2D eigenvalue weighted by molar-refractivity contribution is 6.00. The number of nitrogens with one attached hydrogen (secondary N) is 2. The van der Waals surface area contributed by atoms with E-state index in [0.29, 0.717) is 0 Å². The van der Waals surface area contributed by atoms with Gasteiger partial charge in [0.25, 0.3) is 11.8 Å². The van der Waals surface area contributed by atoms with Gasteiger partial charge in [0.05, 0.1) is 0 Å². The van der Waals surface area contributed by atoms with Crippen LogP contribution in [0, 0.1) is 0 Å². The van der Waals surface area contributed by atoms with Crippen LogP contribution in [0.25, 0.3) is 0 Å². The minimum atomic E-state index is -0.843. The molecule has 0 aromatic heterocycles. The lowest BCUT2D eigenvalue weighted by atomic mass is 10.1. The number of amides is 2. The van der Waals surface area contributed by atoms with Crippen LogP contribution in [-0.2, 0) is 0 Å². The number of benzene rings is 2. The molecule has 0 atom stereocenters. The summed E-state index contributed by atoms with van der Waals surface area (Å²) in [6.45, 7) is -0.214. The summed E-state index contributed by atoms with van der Waals surface area (Å²) in [5.41, 5.74) is -0.883. The number of aromatic hydroxyl groups is 6. The lowest BCUT2D eigenvalue weighted by Gasteiger charge is -2.11. The molecule has 0 saturated carbocycles. The Morgan fingerprint density at radius 3 is 1.15 bits per heavy atom. The molecule has 2 rings (SSSR count). The summed E-state index contributed by atoms with van der Waals surface area (Å²) in [5, 5.41) is 61.4. The van der Waals surface area contributed by atoms with Crippen LogP contribution >= 0.6 is 0 Å². The van der Waals surface area contributed by atoms with Crippen LogP contribution in [0.2, 0.25) is 0 Å². The van der Waals surface area contributed by atoms with Crippen LogP contribution in [0.1, 0.15) is 20.7 Å². The van der Waals surface area contributed by atoms with Gasteiger partial charge in [-0.2, -0.15) is 0 Å². The number of carbonyl (C=O) groups is 2. The summed E-state index contributed by atoms with van der Waals surface area (Å²) in [4.78, 5) is 23.8. The van der Waals surface area contributed by atoms with E-state index >= 15 is 0 Å². The molecule has 10 nitrogen and oxygen atoms in total.